The normalized spacial score (nSPS) is 18.4. The minimum atomic E-state index is -0.559. The van der Waals surface area contributed by atoms with E-state index in [1.54, 1.807) is 21.9 Å². The fourth-order valence-corrected chi connectivity index (χ4v) is 5.99. The Balaban J connectivity index is 1.37. The number of ether oxygens (including phenoxy) is 1. The van der Waals surface area contributed by atoms with Gasteiger partial charge in [-0.1, -0.05) is 23.5 Å². The van der Waals surface area contributed by atoms with Gasteiger partial charge in [-0.05, 0) is 70.9 Å². The first-order chi connectivity index (χ1) is 18.0. The van der Waals surface area contributed by atoms with Gasteiger partial charge in [-0.15, -0.1) is 0 Å². The van der Waals surface area contributed by atoms with E-state index in [0.717, 1.165) is 33.8 Å². The third-order valence-corrected chi connectivity index (χ3v) is 7.55. The number of carbonyl (C=O) groups is 2. The highest BCUT2D eigenvalue weighted by atomic mass is 32.1. The first-order valence-electron chi connectivity index (χ1n) is 12.5. The summed E-state index contributed by atoms with van der Waals surface area (Å²) in [7, 11) is 0. The Bertz CT molecular complexity index is 1420. The maximum Gasteiger partial charge on any atom is 0.410 e. The summed E-state index contributed by atoms with van der Waals surface area (Å²) >= 11 is 1.39. The first kappa shape index (κ1) is 25.7. The molecule has 9 nitrogen and oxygen atoms in total. The van der Waals surface area contributed by atoms with Crippen molar-refractivity contribution < 1.29 is 14.3 Å². The molecule has 3 fully saturated rings. The molecule has 2 bridgehead atoms. The molecule has 3 saturated heterocycles. The molecule has 38 heavy (non-hydrogen) atoms. The van der Waals surface area contributed by atoms with Gasteiger partial charge in [0.05, 0.1) is 34.3 Å². The van der Waals surface area contributed by atoms with Crippen molar-refractivity contribution in [3.63, 3.8) is 0 Å². The molecule has 2 aromatic heterocycles. The van der Waals surface area contributed by atoms with E-state index in [9.17, 15) is 14.9 Å². The lowest BCUT2D eigenvalue weighted by molar-refractivity contribution is -0.0658. The third kappa shape index (κ3) is 5.20. The van der Waals surface area contributed by atoms with Crippen LogP contribution in [0.2, 0.25) is 0 Å². The predicted octanol–water partition coefficient (Wildman–Crippen LogP) is 5.59. The number of rotatable bonds is 3. The molecule has 0 radical (unpaired) electrons. The van der Waals surface area contributed by atoms with Gasteiger partial charge >= 0.3 is 12.1 Å². The minimum Gasteiger partial charge on any atom is -0.444 e. The van der Waals surface area contributed by atoms with E-state index in [1.165, 1.54) is 11.3 Å². The molecule has 1 N–H and O–H groups in total. The van der Waals surface area contributed by atoms with Gasteiger partial charge in [0.2, 0.25) is 0 Å². The van der Waals surface area contributed by atoms with Crippen molar-refractivity contribution in [3.05, 3.63) is 53.3 Å². The molecular formula is C28H30N6O3S. The predicted molar refractivity (Wildman–Crippen MR) is 146 cm³/mol. The Kier molecular flexibility index (Phi) is 6.57. The number of hydrogen-bond acceptors (Lipinski definition) is 7. The van der Waals surface area contributed by atoms with Crippen LogP contribution >= 0.6 is 11.3 Å². The molecular weight excluding hydrogens is 500 g/mol. The molecule has 2 atom stereocenters. The van der Waals surface area contributed by atoms with Crippen molar-refractivity contribution in [2.24, 2.45) is 0 Å². The number of nitriles is 1. The van der Waals surface area contributed by atoms with Gasteiger partial charge in [0.1, 0.15) is 5.60 Å². The number of piperidine rings is 1. The Morgan fingerprint density at radius 1 is 1.08 bits per heavy atom. The lowest BCUT2D eigenvalue weighted by Crippen LogP contribution is -2.71. The second-order valence-electron chi connectivity index (χ2n) is 10.8. The number of fused-ring (bicyclic) bond motifs is 2. The van der Waals surface area contributed by atoms with Crippen LogP contribution in [0.3, 0.4) is 0 Å². The highest BCUT2D eigenvalue weighted by Gasteiger charge is 2.49. The molecule has 3 amide bonds. The summed E-state index contributed by atoms with van der Waals surface area (Å²) in [6.45, 7) is 10.3. The molecule has 3 aliphatic rings. The van der Waals surface area contributed by atoms with Crippen molar-refractivity contribution in [2.45, 2.75) is 58.7 Å². The van der Waals surface area contributed by atoms with Crippen LogP contribution in [0.1, 0.15) is 44.1 Å². The van der Waals surface area contributed by atoms with Crippen LogP contribution in [0.15, 0.2) is 36.4 Å². The van der Waals surface area contributed by atoms with E-state index in [0.29, 0.717) is 29.5 Å². The molecule has 5 heterocycles. The number of benzene rings is 1. The average Bonchev–Trinajstić information content (AvgIpc) is 3.26. The number of hydrogen-bond donors (Lipinski definition) is 1. The summed E-state index contributed by atoms with van der Waals surface area (Å²) in [5, 5.41) is 12.8. The zero-order chi connectivity index (χ0) is 27.2. The molecule has 10 heteroatoms. The van der Waals surface area contributed by atoms with Crippen molar-refractivity contribution in [3.8, 4) is 27.8 Å². The van der Waals surface area contributed by atoms with Gasteiger partial charge in [-0.25, -0.2) is 14.6 Å². The number of anilines is 1. The second-order valence-corrected chi connectivity index (χ2v) is 11.8. The summed E-state index contributed by atoms with van der Waals surface area (Å²) < 4.78 is 5.54. The summed E-state index contributed by atoms with van der Waals surface area (Å²) in [5.41, 5.74) is 4.21. The van der Waals surface area contributed by atoms with Crippen LogP contribution in [-0.2, 0) is 4.74 Å². The number of thiazole rings is 1. The maximum atomic E-state index is 13.2. The molecule has 3 aromatic rings. The molecule has 0 aliphatic carbocycles. The largest absolute Gasteiger partial charge is 0.444 e. The van der Waals surface area contributed by atoms with Crippen molar-refractivity contribution >= 4 is 28.6 Å². The molecule has 3 aliphatic heterocycles. The number of aryl methyl sites for hydroxylation is 2. The van der Waals surface area contributed by atoms with Crippen molar-refractivity contribution in [1.29, 1.82) is 5.26 Å². The SMILES string of the molecule is Cc1cc(-c2sc(NC(=O)N3CC4CC(C3)N4C(=O)OC(C)(C)C)nc2-c2cccc(C#N)c2)cc(C)n1. The van der Waals surface area contributed by atoms with E-state index < -0.39 is 5.60 Å². The summed E-state index contributed by atoms with van der Waals surface area (Å²) in [5.74, 6) is 0. The summed E-state index contributed by atoms with van der Waals surface area (Å²) in [6, 6.07) is 13.1. The van der Waals surface area contributed by atoms with Crippen LogP contribution in [0.5, 0.6) is 0 Å². The topological polar surface area (TPSA) is 111 Å². The second kappa shape index (κ2) is 9.72. The number of nitrogens with one attached hydrogen (secondary N) is 1. The zero-order valence-corrected chi connectivity index (χ0v) is 22.9. The van der Waals surface area contributed by atoms with E-state index in [2.05, 4.69) is 16.4 Å². The lowest BCUT2D eigenvalue weighted by atomic mass is 9.88. The molecule has 6 rings (SSSR count). The monoisotopic (exact) mass is 530 g/mol. The number of urea groups is 1. The number of nitrogens with zero attached hydrogens (tertiary/aromatic N) is 5. The Hall–Kier alpha value is -3.97. The molecule has 0 saturated carbocycles. The van der Waals surface area contributed by atoms with Gasteiger partial charge in [-0.2, -0.15) is 5.26 Å². The first-order valence-corrected chi connectivity index (χ1v) is 13.4. The number of pyridine rings is 1. The number of amides is 3. The third-order valence-electron chi connectivity index (χ3n) is 6.53. The highest BCUT2D eigenvalue weighted by Crippen LogP contribution is 2.40. The van der Waals surface area contributed by atoms with Crippen LogP contribution in [0, 0.1) is 25.2 Å². The number of piperazine rings is 1. The zero-order valence-electron chi connectivity index (χ0n) is 22.1. The van der Waals surface area contributed by atoms with Crippen LogP contribution in [-0.4, -0.2) is 62.7 Å². The van der Waals surface area contributed by atoms with E-state index >= 15 is 0 Å². The van der Waals surface area contributed by atoms with Gasteiger partial charge in [0.15, 0.2) is 5.13 Å². The van der Waals surface area contributed by atoms with Crippen LogP contribution < -0.4 is 5.32 Å². The highest BCUT2D eigenvalue weighted by molar-refractivity contribution is 7.19. The van der Waals surface area contributed by atoms with Gasteiger partial charge in [-0.3, -0.25) is 15.2 Å². The standard InChI is InChI=1S/C28H30N6O3S/c1-16-9-20(10-17(2)30-16)24-23(19-8-6-7-18(11-19)13-29)31-25(38-24)32-26(35)33-14-21-12-22(15-33)34(21)27(36)37-28(3,4)5/h6-11,21-22H,12,14-15H2,1-5H3,(H,31,32,35). The smallest absolute Gasteiger partial charge is 0.410 e. The van der Waals surface area contributed by atoms with Gasteiger partial charge in [0.25, 0.3) is 0 Å². The number of aromatic nitrogens is 2. The fourth-order valence-electron chi connectivity index (χ4n) is 5.03. The van der Waals surface area contributed by atoms with Gasteiger partial charge < -0.3 is 9.64 Å². The van der Waals surface area contributed by atoms with E-state index in [1.807, 2.05) is 58.9 Å². The van der Waals surface area contributed by atoms with Crippen LogP contribution in [0.25, 0.3) is 21.7 Å². The van der Waals surface area contributed by atoms with E-state index in [-0.39, 0.29) is 24.2 Å². The average molecular weight is 531 g/mol. The summed E-state index contributed by atoms with van der Waals surface area (Å²) in [6.07, 6.45) is 0.542. The molecule has 0 spiro atoms. The summed E-state index contributed by atoms with van der Waals surface area (Å²) in [4.78, 5) is 39.5. The quantitative estimate of drug-likeness (QED) is 0.473. The van der Waals surface area contributed by atoms with Crippen LogP contribution in [0.4, 0.5) is 14.7 Å². The fraction of sp³-hybridized carbons (Fsp3) is 0.393. The minimum absolute atomic E-state index is 0.0479. The van der Waals surface area contributed by atoms with Crippen molar-refractivity contribution in [2.75, 3.05) is 18.4 Å². The van der Waals surface area contributed by atoms with Gasteiger partial charge in [0, 0.05) is 30.0 Å². The Morgan fingerprint density at radius 2 is 1.76 bits per heavy atom. The van der Waals surface area contributed by atoms with E-state index in [4.69, 9.17) is 9.72 Å². The number of carbonyl (C=O) groups excluding carboxylic acids is 2. The Labute approximate surface area is 226 Å². The molecule has 1 aromatic carbocycles. The Morgan fingerprint density at radius 3 is 2.39 bits per heavy atom. The lowest BCUT2D eigenvalue weighted by Gasteiger charge is -2.55. The molecule has 196 valence electrons. The van der Waals surface area contributed by atoms with Crippen molar-refractivity contribution in [1.82, 2.24) is 19.8 Å². The maximum absolute atomic E-state index is 13.2. The molecule has 2 unspecified atom stereocenters.